The van der Waals surface area contributed by atoms with Gasteiger partial charge in [-0.15, -0.1) is 0 Å². The Kier molecular flexibility index (Phi) is 3.21. The lowest BCUT2D eigenvalue weighted by Gasteiger charge is -2.21. The number of carbonyl (C=O) groups excluding carboxylic acids is 2. The molecular formula is C16H13NO3. The van der Waals surface area contributed by atoms with E-state index < -0.39 is 0 Å². The van der Waals surface area contributed by atoms with E-state index in [4.69, 9.17) is 4.74 Å². The number of anilines is 1. The van der Waals surface area contributed by atoms with Crippen molar-refractivity contribution in [3.05, 3.63) is 65.7 Å². The molecule has 1 saturated heterocycles. The molecule has 0 aromatic heterocycles. The van der Waals surface area contributed by atoms with Crippen LogP contribution in [0.5, 0.6) is 0 Å². The molecule has 0 unspecified atom stereocenters. The van der Waals surface area contributed by atoms with Crippen LogP contribution in [0.4, 0.5) is 10.5 Å². The number of rotatable bonds is 3. The van der Waals surface area contributed by atoms with Crippen molar-refractivity contribution in [1.82, 2.24) is 0 Å². The number of aldehydes is 1. The van der Waals surface area contributed by atoms with Crippen LogP contribution in [-0.4, -0.2) is 19.0 Å². The zero-order valence-electron chi connectivity index (χ0n) is 10.7. The first kappa shape index (κ1) is 12.4. The molecule has 20 heavy (non-hydrogen) atoms. The van der Waals surface area contributed by atoms with Gasteiger partial charge in [-0.3, -0.25) is 9.69 Å². The van der Waals surface area contributed by atoms with Gasteiger partial charge in [-0.05, 0) is 29.8 Å². The van der Waals surface area contributed by atoms with Gasteiger partial charge >= 0.3 is 6.09 Å². The van der Waals surface area contributed by atoms with Crippen LogP contribution in [0.3, 0.4) is 0 Å². The second-order valence-corrected chi connectivity index (χ2v) is 4.58. The van der Waals surface area contributed by atoms with Crippen molar-refractivity contribution < 1.29 is 14.3 Å². The molecule has 2 aromatic rings. The molecule has 1 fully saturated rings. The number of ether oxygens (including phenoxy) is 1. The molecule has 0 aliphatic carbocycles. The number of hydrogen-bond donors (Lipinski definition) is 0. The molecule has 100 valence electrons. The van der Waals surface area contributed by atoms with Crippen molar-refractivity contribution in [3.8, 4) is 0 Å². The van der Waals surface area contributed by atoms with E-state index in [0.717, 1.165) is 17.5 Å². The van der Waals surface area contributed by atoms with E-state index in [1.54, 1.807) is 29.2 Å². The normalized spacial score (nSPS) is 17.9. The topological polar surface area (TPSA) is 46.6 Å². The van der Waals surface area contributed by atoms with Crippen LogP contribution in [0.1, 0.15) is 22.0 Å². The first-order chi connectivity index (χ1) is 9.79. The van der Waals surface area contributed by atoms with E-state index in [-0.39, 0.29) is 12.1 Å². The fraction of sp³-hybridized carbons (Fsp3) is 0.125. The number of benzene rings is 2. The minimum Gasteiger partial charge on any atom is -0.447 e. The summed E-state index contributed by atoms with van der Waals surface area (Å²) in [5.41, 5.74) is 2.34. The van der Waals surface area contributed by atoms with E-state index >= 15 is 0 Å². The Hall–Kier alpha value is -2.62. The average Bonchev–Trinajstić information content (AvgIpc) is 2.90. The van der Waals surface area contributed by atoms with Gasteiger partial charge in [-0.1, -0.05) is 30.3 Å². The van der Waals surface area contributed by atoms with Gasteiger partial charge in [-0.25, -0.2) is 4.79 Å². The first-order valence-electron chi connectivity index (χ1n) is 6.36. The summed E-state index contributed by atoms with van der Waals surface area (Å²) >= 11 is 0. The third-order valence-electron chi connectivity index (χ3n) is 3.36. The van der Waals surface area contributed by atoms with E-state index in [1.165, 1.54) is 0 Å². The standard InChI is InChI=1S/C16H13NO3/c18-10-12-6-8-14(9-7-12)17-15(11-20-16(17)19)13-4-2-1-3-5-13/h1-10,15H,11H2/t15-/m0/s1. The Bertz CT molecular complexity index is 622. The van der Waals surface area contributed by atoms with E-state index in [0.29, 0.717) is 12.2 Å². The average molecular weight is 267 g/mol. The molecule has 3 rings (SSSR count). The van der Waals surface area contributed by atoms with Gasteiger partial charge in [0, 0.05) is 11.3 Å². The van der Waals surface area contributed by atoms with Crippen LogP contribution < -0.4 is 4.90 Å². The molecule has 4 heteroatoms. The molecule has 2 aromatic carbocycles. The van der Waals surface area contributed by atoms with Crippen molar-refractivity contribution in [3.63, 3.8) is 0 Å². The van der Waals surface area contributed by atoms with Crippen molar-refractivity contribution >= 4 is 18.1 Å². The van der Waals surface area contributed by atoms with Gasteiger partial charge in [0.1, 0.15) is 12.9 Å². The van der Waals surface area contributed by atoms with Crippen LogP contribution in [0.2, 0.25) is 0 Å². The second-order valence-electron chi connectivity index (χ2n) is 4.58. The SMILES string of the molecule is O=Cc1ccc(N2C(=O)OC[C@H]2c2ccccc2)cc1. The molecule has 1 atom stereocenters. The maximum Gasteiger partial charge on any atom is 0.415 e. The van der Waals surface area contributed by atoms with Crippen LogP contribution in [0, 0.1) is 0 Å². The van der Waals surface area contributed by atoms with Gasteiger partial charge in [-0.2, -0.15) is 0 Å². The highest BCUT2D eigenvalue weighted by atomic mass is 16.6. The molecule has 0 bridgehead atoms. The molecule has 0 N–H and O–H groups in total. The first-order valence-corrected chi connectivity index (χ1v) is 6.36. The van der Waals surface area contributed by atoms with Crippen molar-refractivity contribution in [1.29, 1.82) is 0 Å². The number of nitrogens with zero attached hydrogens (tertiary/aromatic N) is 1. The highest BCUT2D eigenvalue weighted by molar-refractivity contribution is 5.91. The highest BCUT2D eigenvalue weighted by Crippen LogP contribution is 2.32. The minimum absolute atomic E-state index is 0.134. The third-order valence-corrected chi connectivity index (χ3v) is 3.36. The quantitative estimate of drug-likeness (QED) is 0.802. The maximum atomic E-state index is 11.9. The number of cyclic esters (lactones) is 1. The van der Waals surface area contributed by atoms with Crippen LogP contribution in [0.25, 0.3) is 0 Å². The largest absolute Gasteiger partial charge is 0.447 e. The molecule has 1 aliphatic rings. The van der Waals surface area contributed by atoms with E-state index in [2.05, 4.69) is 0 Å². The summed E-state index contributed by atoms with van der Waals surface area (Å²) < 4.78 is 5.16. The van der Waals surface area contributed by atoms with Gasteiger partial charge in [0.2, 0.25) is 0 Å². The maximum absolute atomic E-state index is 11.9. The van der Waals surface area contributed by atoms with E-state index in [9.17, 15) is 9.59 Å². The van der Waals surface area contributed by atoms with Gasteiger partial charge in [0.15, 0.2) is 0 Å². The summed E-state index contributed by atoms with van der Waals surface area (Å²) in [4.78, 5) is 24.2. The summed E-state index contributed by atoms with van der Waals surface area (Å²) in [6.45, 7) is 0.332. The molecule has 0 radical (unpaired) electrons. The molecular weight excluding hydrogens is 254 g/mol. The monoisotopic (exact) mass is 267 g/mol. The predicted octanol–water partition coefficient (Wildman–Crippen LogP) is 3.20. The molecule has 0 saturated carbocycles. The summed E-state index contributed by atoms with van der Waals surface area (Å²) in [6.07, 6.45) is 0.415. The third kappa shape index (κ3) is 2.16. The number of hydrogen-bond acceptors (Lipinski definition) is 3. The Morgan fingerprint density at radius 3 is 2.40 bits per heavy atom. The summed E-state index contributed by atoms with van der Waals surface area (Å²) in [5, 5.41) is 0. The summed E-state index contributed by atoms with van der Waals surface area (Å²) in [6, 6.07) is 16.5. The molecule has 1 amide bonds. The zero-order chi connectivity index (χ0) is 13.9. The zero-order valence-corrected chi connectivity index (χ0v) is 10.7. The fourth-order valence-corrected chi connectivity index (χ4v) is 2.34. The van der Waals surface area contributed by atoms with Gasteiger partial charge in [0.25, 0.3) is 0 Å². The molecule has 1 heterocycles. The smallest absolute Gasteiger partial charge is 0.415 e. The van der Waals surface area contributed by atoms with Crippen LogP contribution in [-0.2, 0) is 4.74 Å². The van der Waals surface area contributed by atoms with Crippen LogP contribution >= 0.6 is 0 Å². The number of amides is 1. The van der Waals surface area contributed by atoms with Crippen molar-refractivity contribution in [2.45, 2.75) is 6.04 Å². The number of carbonyl (C=O) groups is 2. The molecule has 1 aliphatic heterocycles. The van der Waals surface area contributed by atoms with Crippen molar-refractivity contribution in [2.24, 2.45) is 0 Å². The van der Waals surface area contributed by atoms with Gasteiger partial charge < -0.3 is 4.74 Å². The molecule has 0 spiro atoms. The lowest BCUT2D eigenvalue weighted by atomic mass is 10.1. The molecule has 4 nitrogen and oxygen atoms in total. The minimum atomic E-state index is -0.363. The van der Waals surface area contributed by atoms with Crippen LogP contribution in [0.15, 0.2) is 54.6 Å². The van der Waals surface area contributed by atoms with Gasteiger partial charge in [0.05, 0.1) is 6.04 Å². The Labute approximate surface area is 116 Å². The Morgan fingerprint density at radius 1 is 1.05 bits per heavy atom. The lowest BCUT2D eigenvalue weighted by Crippen LogP contribution is -2.27. The summed E-state index contributed by atoms with van der Waals surface area (Å²) in [7, 11) is 0. The fourth-order valence-electron chi connectivity index (χ4n) is 2.34. The highest BCUT2D eigenvalue weighted by Gasteiger charge is 2.35. The Balaban J connectivity index is 1.96. The van der Waals surface area contributed by atoms with Crippen molar-refractivity contribution in [2.75, 3.05) is 11.5 Å². The predicted molar refractivity (Wildman–Crippen MR) is 74.8 cm³/mol. The van der Waals surface area contributed by atoms with E-state index in [1.807, 2.05) is 30.3 Å². The Morgan fingerprint density at radius 2 is 1.75 bits per heavy atom. The lowest BCUT2D eigenvalue weighted by molar-refractivity contribution is 0.112. The second kappa shape index (κ2) is 5.17. The summed E-state index contributed by atoms with van der Waals surface area (Å²) in [5.74, 6) is 0.